The quantitative estimate of drug-likeness (QED) is 0.358. The topological polar surface area (TPSA) is 66.9 Å². The number of carbonyl (C=O) groups excluding carboxylic acids is 1. The van der Waals surface area contributed by atoms with Crippen molar-refractivity contribution in [3.63, 3.8) is 0 Å². The third-order valence-corrected chi connectivity index (χ3v) is 5.52. The number of benzene rings is 3. The molecule has 5 nitrogen and oxygen atoms in total. The summed E-state index contributed by atoms with van der Waals surface area (Å²) >= 11 is 0. The molecule has 2 N–H and O–H groups in total. The molecule has 1 heterocycles. The van der Waals surface area contributed by atoms with Gasteiger partial charge in [0.2, 0.25) is 0 Å². The van der Waals surface area contributed by atoms with E-state index in [0.29, 0.717) is 11.4 Å². The van der Waals surface area contributed by atoms with Gasteiger partial charge in [-0.25, -0.2) is 9.97 Å². The monoisotopic (exact) mass is 436 g/mol. The minimum absolute atomic E-state index is 0.0641. The largest absolute Gasteiger partial charge is 0.350 e. The second-order valence-corrected chi connectivity index (χ2v) is 8.26. The van der Waals surface area contributed by atoms with Gasteiger partial charge in [-0.05, 0) is 56.5 Å². The molecule has 0 fully saturated rings. The zero-order valence-corrected chi connectivity index (χ0v) is 19.0. The van der Waals surface area contributed by atoms with E-state index in [0.717, 1.165) is 29.8 Å². The maximum Gasteiger partial charge on any atom is 0.251 e. The molecule has 1 atom stereocenters. The molecule has 1 amide bonds. The van der Waals surface area contributed by atoms with Gasteiger partial charge < -0.3 is 10.6 Å². The Hall–Kier alpha value is -3.99. The molecular weight excluding hydrogens is 408 g/mol. The van der Waals surface area contributed by atoms with Gasteiger partial charge in [0.15, 0.2) is 0 Å². The minimum Gasteiger partial charge on any atom is -0.350 e. The lowest BCUT2D eigenvalue weighted by molar-refractivity contribution is 0.0938. The van der Waals surface area contributed by atoms with Crippen LogP contribution >= 0.6 is 0 Å². The maximum absolute atomic E-state index is 12.6. The SMILES string of the molecule is Cc1ccc(-c2cc(Nc3ccc(C(=O)N[C@@H](C)CCc4ccccc4)cc3)ncn2)cc1. The van der Waals surface area contributed by atoms with Crippen LogP contribution in [-0.4, -0.2) is 21.9 Å². The Kier molecular flexibility index (Phi) is 7.10. The summed E-state index contributed by atoms with van der Waals surface area (Å²) in [6.45, 7) is 4.10. The number of aromatic nitrogens is 2. The summed E-state index contributed by atoms with van der Waals surface area (Å²) in [5.74, 6) is 0.637. The number of anilines is 2. The first-order chi connectivity index (χ1) is 16.1. The Morgan fingerprint density at radius 3 is 2.36 bits per heavy atom. The van der Waals surface area contributed by atoms with Gasteiger partial charge in [0.1, 0.15) is 12.1 Å². The normalized spacial score (nSPS) is 11.6. The highest BCUT2D eigenvalue weighted by atomic mass is 16.1. The molecule has 4 rings (SSSR count). The Labute approximate surface area is 194 Å². The Morgan fingerprint density at radius 1 is 0.909 bits per heavy atom. The molecule has 0 saturated heterocycles. The predicted molar refractivity (Wildman–Crippen MR) is 134 cm³/mol. The van der Waals surface area contributed by atoms with Crippen LogP contribution < -0.4 is 10.6 Å². The average molecular weight is 437 g/mol. The van der Waals surface area contributed by atoms with Crippen LogP contribution in [0.15, 0.2) is 91.3 Å². The van der Waals surface area contributed by atoms with Gasteiger partial charge in [-0.2, -0.15) is 0 Å². The second kappa shape index (κ2) is 10.6. The lowest BCUT2D eigenvalue weighted by Gasteiger charge is -2.14. The molecule has 0 unspecified atom stereocenters. The molecule has 33 heavy (non-hydrogen) atoms. The van der Waals surface area contributed by atoms with Crippen molar-refractivity contribution in [2.75, 3.05) is 5.32 Å². The molecule has 0 aliphatic heterocycles. The lowest BCUT2D eigenvalue weighted by Crippen LogP contribution is -2.32. The summed E-state index contributed by atoms with van der Waals surface area (Å²) in [5.41, 5.74) is 5.88. The van der Waals surface area contributed by atoms with Gasteiger partial charge in [-0.3, -0.25) is 4.79 Å². The number of aryl methyl sites for hydroxylation is 2. The number of nitrogens with zero attached hydrogens (tertiary/aromatic N) is 2. The minimum atomic E-state index is -0.0641. The molecular formula is C28H28N4O. The van der Waals surface area contributed by atoms with Crippen molar-refractivity contribution >= 4 is 17.4 Å². The third kappa shape index (κ3) is 6.26. The van der Waals surface area contributed by atoms with Crippen LogP contribution in [0, 0.1) is 6.92 Å². The molecule has 0 aliphatic carbocycles. The summed E-state index contributed by atoms with van der Waals surface area (Å²) in [7, 11) is 0. The Bertz CT molecular complexity index is 1190. The van der Waals surface area contributed by atoms with Crippen molar-refractivity contribution in [3.8, 4) is 11.3 Å². The smallest absolute Gasteiger partial charge is 0.251 e. The molecule has 0 aliphatic rings. The van der Waals surface area contributed by atoms with E-state index >= 15 is 0 Å². The van der Waals surface area contributed by atoms with Crippen molar-refractivity contribution in [2.24, 2.45) is 0 Å². The van der Waals surface area contributed by atoms with Crippen molar-refractivity contribution < 1.29 is 4.79 Å². The molecule has 4 aromatic rings. The standard InChI is InChI=1S/C28H28N4O/c1-20-8-12-23(13-9-20)26-18-27(30-19-29-26)32-25-16-14-24(15-17-25)28(33)31-21(2)10-11-22-6-4-3-5-7-22/h3-9,12-19,21H,10-11H2,1-2H3,(H,31,33)(H,29,30,32)/t21-/m0/s1. The highest BCUT2D eigenvalue weighted by Gasteiger charge is 2.10. The molecule has 5 heteroatoms. The van der Waals surface area contributed by atoms with E-state index in [2.05, 4.69) is 63.9 Å². The van der Waals surface area contributed by atoms with Crippen LogP contribution in [0.2, 0.25) is 0 Å². The summed E-state index contributed by atoms with van der Waals surface area (Å²) < 4.78 is 0. The fraction of sp³-hybridized carbons (Fsp3) is 0.179. The zero-order chi connectivity index (χ0) is 23.0. The predicted octanol–water partition coefficient (Wildman–Crippen LogP) is 5.95. The highest BCUT2D eigenvalue weighted by molar-refractivity contribution is 5.94. The zero-order valence-electron chi connectivity index (χ0n) is 19.0. The van der Waals surface area contributed by atoms with Gasteiger partial charge in [0.05, 0.1) is 5.69 Å². The number of hydrogen-bond acceptors (Lipinski definition) is 4. The van der Waals surface area contributed by atoms with E-state index in [1.54, 1.807) is 6.33 Å². The summed E-state index contributed by atoms with van der Waals surface area (Å²) in [6, 6.07) is 28.0. The van der Waals surface area contributed by atoms with Crippen LogP contribution in [0.25, 0.3) is 11.3 Å². The van der Waals surface area contributed by atoms with Gasteiger partial charge in [-0.15, -0.1) is 0 Å². The fourth-order valence-corrected chi connectivity index (χ4v) is 3.57. The van der Waals surface area contributed by atoms with Gasteiger partial charge in [0.25, 0.3) is 5.91 Å². The Balaban J connectivity index is 1.34. The average Bonchev–Trinajstić information content (AvgIpc) is 2.84. The van der Waals surface area contributed by atoms with Crippen LogP contribution in [0.4, 0.5) is 11.5 Å². The van der Waals surface area contributed by atoms with Crippen molar-refractivity contribution in [2.45, 2.75) is 32.7 Å². The lowest BCUT2D eigenvalue weighted by atomic mass is 10.1. The van der Waals surface area contributed by atoms with Gasteiger partial charge in [0, 0.05) is 28.9 Å². The molecule has 166 valence electrons. The number of rotatable bonds is 8. The molecule has 1 aromatic heterocycles. The number of amides is 1. The maximum atomic E-state index is 12.6. The van der Waals surface area contributed by atoms with E-state index in [9.17, 15) is 4.79 Å². The first-order valence-electron chi connectivity index (χ1n) is 11.2. The Morgan fingerprint density at radius 2 is 1.64 bits per heavy atom. The molecule has 0 radical (unpaired) electrons. The highest BCUT2D eigenvalue weighted by Crippen LogP contribution is 2.22. The number of nitrogens with one attached hydrogen (secondary N) is 2. The summed E-state index contributed by atoms with van der Waals surface area (Å²) in [6.07, 6.45) is 3.39. The van der Waals surface area contributed by atoms with Crippen LogP contribution in [0.3, 0.4) is 0 Å². The van der Waals surface area contributed by atoms with Crippen LogP contribution in [-0.2, 0) is 6.42 Å². The van der Waals surface area contributed by atoms with E-state index in [1.807, 2.05) is 55.5 Å². The van der Waals surface area contributed by atoms with Gasteiger partial charge in [-0.1, -0.05) is 60.2 Å². The van der Waals surface area contributed by atoms with Crippen molar-refractivity contribution in [1.82, 2.24) is 15.3 Å². The second-order valence-electron chi connectivity index (χ2n) is 8.26. The molecule has 0 saturated carbocycles. The van der Waals surface area contributed by atoms with E-state index < -0.39 is 0 Å². The first-order valence-corrected chi connectivity index (χ1v) is 11.2. The van der Waals surface area contributed by atoms with Gasteiger partial charge >= 0.3 is 0 Å². The van der Waals surface area contributed by atoms with Crippen LogP contribution in [0.1, 0.15) is 34.8 Å². The van der Waals surface area contributed by atoms with E-state index in [1.165, 1.54) is 11.1 Å². The number of hydrogen-bond donors (Lipinski definition) is 2. The summed E-state index contributed by atoms with van der Waals surface area (Å²) in [5, 5.41) is 6.37. The van der Waals surface area contributed by atoms with Crippen molar-refractivity contribution in [3.05, 3.63) is 108 Å². The fourth-order valence-electron chi connectivity index (χ4n) is 3.57. The van der Waals surface area contributed by atoms with E-state index in [-0.39, 0.29) is 11.9 Å². The van der Waals surface area contributed by atoms with Crippen LogP contribution in [0.5, 0.6) is 0 Å². The molecule has 0 spiro atoms. The van der Waals surface area contributed by atoms with E-state index in [4.69, 9.17) is 0 Å². The molecule has 3 aromatic carbocycles. The first kappa shape index (κ1) is 22.2. The van der Waals surface area contributed by atoms with Crippen molar-refractivity contribution in [1.29, 1.82) is 0 Å². The molecule has 0 bridgehead atoms. The number of carbonyl (C=O) groups is 1. The summed E-state index contributed by atoms with van der Waals surface area (Å²) in [4.78, 5) is 21.3. The third-order valence-electron chi connectivity index (χ3n) is 5.52.